The molecule has 1 unspecified atom stereocenters. The van der Waals surface area contributed by atoms with Crippen molar-refractivity contribution in [2.75, 3.05) is 0 Å². The predicted molar refractivity (Wildman–Crippen MR) is 53.2 cm³/mol. The lowest BCUT2D eigenvalue weighted by atomic mass is 9.89. The summed E-state index contributed by atoms with van der Waals surface area (Å²) in [6.07, 6.45) is -1.76. The molecule has 7 nitrogen and oxygen atoms in total. The number of amides is 1. The number of rotatable bonds is 6. The highest BCUT2D eigenvalue weighted by Crippen LogP contribution is 2.17. The Hall–Kier alpha value is -1.79. The van der Waals surface area contributed by atoms with E-state index in [0.717, 1.165) is 0 Å². The highest BCUT2D eigenvalue weighted by atomic mass is 16.4. The standard InChI is InChI=1S/C9H15NO6/c1-4(2)5(7(11)12)3-6(8(13)14)10-9(15)16/h4-6,10H,3H2,1-2H3,(H,11,12)(H,13,14)(H,15,16)/t5?,6-/m1/s1. The van der Waals surface area contributed by atoms with Gasteiger partial charge in [-0.3, -0.25) is 4.79 Å². The smallest absolute Gasteiger partial charge is 0.405 e. The second-order valence-corrected chi connectivity index (χ2v) is 3.76. The van der Waals surface area contributed by atoms with Gasteiger partial charge in [0.15, 0.2) is 0 Å². The number of nitrogens with one attached hydrogen (secondary N) is 1. The first-order chi connectivity index (χ1) is 7.25. The molecule has 7 heteroatoms. The van der Waals surface area contributed by atoms with E-state index in [-0.39, 0.29) is 12.3 Å². The molecule has 0 saturated carbocycles. The van der Waals surface area contributed by atoms with Crippen LogP contribution in [0.5, 0.6) is 0 Å². The summed E-state index contributed by atoms with van der Waals surface area (Å²) in [5, 5.41) is 27.7. The summed E-state index contributed by atoms with van der Waals surface area (Å²) < 4.78 is 0. The molecule has 0 aromatic carbocycles. The van der Waals surface area contributed by atoms with E-state index in [9.17, 15) is 14.4 Å². The fourth-order valence-electron chi connectivity index (χ4n) is 1.28. The van der Waals surface area contributed by atoms with Gasteiger partial charge in [0.25, 0.3) is 0 Å². The topological polar surface area (TPSA) is 124 Å². The van der Waals surface area contributed by atoms with Crippen LogP contribution in [0.25, 0.3) is 0 Å². The maximum absolute atomic E-state index is 10.8. The molecule has 4 N–H and O–H groups in total. The Labute approximate surface area is 92.1 Å². The zero-order chi connectivity index (χ0) is 12.9. The van der Waals surface area contributed by atoms with Gasteiger partial charge < -0.3 is 20.6 Å². The first-order valence-corrected chi connectivity index (χ1v) is 4.70. The molecule has 0 fully saturated rings. The third-order valence-corrected chi connectivity index (χ3v) is 2.21. The first-order valence-electron chi connectivity index (χ1n) is 4.70. The van der Waals surface area contributed by atoms with Gasteiger partial charge in [-0.2, -0.15) is 0 Å². The van der Waals surface area contributed by atoms with Gasteiger partial charge in [0.2, 0.25) is 0 Å². The zero-order valence-corrected chi connectivity index (χ0v) is 9.01. The van der Waals surface area contributed by atoms with Crippen LogP contribution in [0.3, 0.4) is 0 Å². The van der Waals surface area contributed by atoms with Crippen molar-refractivity contribution in [3.05, 3.63) is 0 Å². The Balaban J connectivity index is 4.64. The maximum atomic E-state index is 10.8. The summed E-state index contributed by atoms with van der Waals surface area (Å²) in [5.41, 5.74) is 0. The van der Waals surface area contributed by atoms with Crippen molar-refractivity contribution < 1.29 is 29.7 Å². The van der Waals surface area contributed by atoms with Gasteiger partial charge in [-0.15, -0.1) is 0 Å². The van der Waals surface area contributed by atoms with Gasteiger partial charge in [-0.25, -0.2) is 9.59 Å². The Morgan fingerprint density at radius 3 is 1.81 bits per heavy atom. The fourth-order valence-corrected chi connectivity index (χ4v) is 1.28. The van der Waals surface area contributed by atoms with Crippen molar-refractivity contribution >= 4 is 18.0 Å². The molecule has 16 heavy (non-hydrogen) atoms. The van der Waals surface area contributed by atoms with Gasteiger partial charge in [0.1, 0.15) is 6.04 Å². The molecule has 0 aliphatic rings. The Morgan fingerprint density at radius 2 is 1.56 bits per heavy atom. The minimum atomic E-state index is -1.49. The lowest BCUT2D eigenvalue weighted by molar-refractivity contribution is -0.145. The number of aliphatic carboxylic acids is 2. The molecule has 1 amide bonds. The number of hydrogen-bond acceptors (Lipinski definition) is 3. The normalized spacial score (nSPS) is 14.2. The zero-order valence-electron chi connectivity index (χ0n) is 9.01. The minimum Gasteiger partial charge on any atom is -0.481 e. The van der Waals surface area contributed by atoms with Crippen LogP contribution >= 0.6 is 0 Å². The first kappa shape index (κ1) is 14.2. The highest BCUT2D eigenvalue weighted by molar-refractivity contribution is 5.80. The molecule has 0 saturated heterocycles. The van der Waals surface area contributed by atoms with Crippen LogP contribution in [0.4, 0.5) is 4.79 Å². The van der Waals surface area contributed by atoms with Gasteiger partial charge in [-0.05, 0) is 12.3 Å². The molecule has 0 aromatic rings. The largest absolute Gasteiger partial charge is 0.481 e. The SMILES string of the molecule is CC(C)C(C[C@@H](NC(=O)O)C(=O)O)C(=O)O. The predicted octanol–water partition coefficient (Wildman–Crippen LogP) is 0.454. The maximum Gasteiger partial charge on any atom is 0.405 e. The lowest BCUT2D eigenvalue weighted by Gasteiger charge is -2.20. The molecule has 2 atom stereocenters. The van der Waals surface area contributed by atoms with E-state index < -0.39 is 30.0 Å². The third kappa shape index (κ3) is 4.63. The van der Waals surface area contributed by atoms with E-state index in [0.29, 0.717) is 0 Å². The molecule has 0 radical (unpaired) electrons. The molecule has 0 aliphatic heterocycles. The summed E-state index contributed by atoms with van der Waals surface area (Å²) in [6, 6.07) is -1.40. The van der Waals surface area contributed by atoms with Crippen LogP contribution in [0.2, 0.25) is 0 Å². The average molecular weight is 233 g/mol. The quantitative estimate of drug-likeness (QED) is 0.528. The van der Waals surface area contributed by atoms with Gasteiger partial charge in [-0.1, -0.05) is 13.8 Å². The van der Waals surface area contributed by atoms with Crippen molar-refractivity contribution in [3.8, 4) is 0 Å². The van der Waals surface area contributed by atoms with E-state index >= 15 is 0 Å². The van der Waals surface area contributed by atoms with Crippen LogP contribution < -0.4 is 5.32 Å². The molecule has 0 spiro atoms. The van der Waals surface area contributed by atoms with E-state index in [1.165, 1.54) is 0 Å². The van der Waals surface area contributed by atoms with Crippen molar-refractivity contribution in [1.29, 1.82) is 0 Å². The molecule has 0 aromatic heterocycles. The van der Waals surface area contributed by atoms with Gasteiger partial charge >= 0.3 is 18.0 Å². The Bertz CT molecular complexity index is 288. The second kappa shape index (κ2) is 5.94. The van der Waals surface area contributed by atoms with Crippen LogP contribution in [0.15, 0.2) is 0 Å². The van der Waals surface area contributed by atoms with Gasteiger partial charge in [0.05, 0.1) is 5.92 Å². The van der Waals surface area contributed by atoms with Crippen molar-refractivity contribution in [2.45, 2.75) is 26.3 Å². The third-order valence-electron chi connectivity index (χ3n) is 2.21. The molecule has 0 heterocycles. The summed E-state index contributed by atoms with van der Waals surface area (Å²) in [4.78, 5) is 31.8. The van der Waals surface area contributed by atoms with Crippen molar-refractivity contribution in [1.82, 2.24) is 5.32 Å². The average Bonchev–Trinajstić information content (AvgIpc) is 2.09. The van der Waals surface area contributed by atoms with Crippen LogP contribution in [-0.4, -0.2) is 39.4 Å². The van der Waals surface area contributed by atoms with E-state index in [1.54, 1.807) is 19.2 Å². The number of hydrogen-bond donors (Lipinski definition) is 4. The van der Waals surface area contributed by atoms with E-state index in [4.69, 9.17) is 15.3 Å². The summed E-state index contributed by atoms with van der Waals surface area (Å²) in [6.45, 7) is 3.27. The number of carboxylic acid groups (broad SMARTS) is 3. The van der Waals surface area contributed by atoms with Gasteiger partial charge in [0, 0.05) is 0 Å². The molecule has 0 aliphatic carbocycles. The Kier molecular flexibility index (Phi) is 5.27. The summed E-state index contributed by atoms with van der Waals surface area (Å²) >= 11 is 0. The second-order valence-electron chi connectivity index (χ2n) is 3.76. The Morgan fingerprint density at radius 1 is 1.06 bits per heavy atom. The van der Waals surface area contributed by atoms with E-state index in [2.05, 4.69) is 0 Å². The number of carboxylic acids is 2. The lowest BCUT2D eigenvalue weighted by Crippen LogP contribution is -2.43. The molecule has 0 bridgehead atoms. The van der Waals surface area contributed by atoms with Crippen LogP contribution in [0.1, 0.15) is 20.3 Å². The minimum absolute atomic E-state index is 0.269. The number of carbonyl (C=O) groups is 3. The highest BCUT2D eigenvalue weighted by Gasteiger charge is 2.30. The molecule has 0 rings (SSSR count). The molecular formula is C9H15NO6. The van der Waals surface area contributed by atoms with Crippen molar-refractivity contribution in [2.24, 2.45) is 11.8 Å². The van der Waals surface area contributed by atoms with Crippen molar-refractivity contribution in [3.63, 3.8) is 0 Å². The molecule has 92 valence electrons. The fraction of sp³-hybridized carbons (Fsp3) is 0.667. The van der Waals surface area contributed by atoms with Crippen LogP contribution in [0, 0.1) is 11.8 Å². The molecular weight excluding hydrogens is 218 g/mol. The van der Waals surface area contributed by atoms with E-state index in [1.807, 2.05) is 0 Å². The summed E-state index contributed by atoms with van der Waals surface area (Å²) in [7, 11) is 0. The summed E-state index contributed by atoms with van der Waals surface area (Å²) in [5.74, 6) is -3.68. The monoisotopic (exact) mass is 233 g/mol. The van der Waals surface area contributed by atoms with Crippen LogP contribution in [-0.2, 0) is 9.59 Å².